The van der Waals surface area contributed by atoms with Crippen LogP contribution < -0.4 is 10.1 Å². The van der Waals surface area contributed by atoms with Crippen molar-refractivity contribution in [2.75, 3.05) is 6.61 Å². The highest BCUT2D eigenvalue weighted by atomic mass is 79.9. The molecular formula is C15H19BrFNO2. The molecule has 2 atom stereocenters. The Morgan fingerprint density at radius 2 is 2.20 bits per heavy atom. The Morgan fingerprint density at radius 3 is 2.90 bits per heavy atom. The zero-order chi connectivity index (χ0) is 14.5. The van der Waals surface area contributed by atoms with Crippen molar-refractivity contribution in [2.45, 2.75) is 38.6 Å². The summed E-state index contributed by atoms with van der Waals surface area (Å²) in [5.74, 6) is -0.0681. The van der Waals surface area contributed by atoms with E-state index in [4.69, 9.17) is 4.74 Å². The minimum atomic E-state index is -0.474. The molecule has 0 aromatic heterocycles. The molecular weight excluding hydrogens is 325 g/mol. The average molecular weight is 344 g/mol. The van der Waals surface area contributed by atoms with E-state index in [0.29, 0.717) is 10.4 Å². The monoisotopic (exact) mass is 343 g/mol. The lowest BCUT2D eigenvalue weighted by Crippen LogP contribution is -2.43. The van der Waals surface area contributed by atoms with Crippen LogP contribution in [0.2, 0.25) is 0 Å². The molecule has 1 N–H and O–H groups in total. The molecule has 0 saturated heterocycles. The van der Waals surface area contributed by atoms with Crippen molar-refractivity contribution in [1.29, 1.82) is 0 Å². The van der Waals surface area contributed by atoms with Gasteiger partial charge in [-0.3, -0.25) is 4.79 Å². The van der Waals surface area contributed by atoms with Gasteiger partial charge in [-0.1, -0.05) is 35.7 Å². The molecule has 0 bridgehead atoms. The second-order valence-corrected chi connectivity index (χ2v) is 6.21. The first-order chi connectivity index (χ1) is 9.56. The maximum absolute atomic E-state index is 13.5. The lowest BCUT2D eigenvalue weighted by molar-refractivity contribution is -0.124. The normalized spacial score (nSPS) is 22.4. The summed E-state index contributed by atoms with van der Waals surface area (Å²) in [6.45, 7) is 2.00. The highest BCUT2D eigenvalue weighted by molar-refractivity contribution is 9.10. The minimum absolute atomic E-state index is 0.0973. The van der Waals surface area contributed by atoms with Crippen LogP contribution in [0.1, 0.15) is 32.6 Å². The summed E-state index contributed by atoms with van der Waals surface area (Å²) in [5.41, 5.74) is 0. The minimum Gasteiger partial charge on any atom is -0.481 e. The van der Waals surface area contributed by atoms with Crippen molar-refractivity contribution >= 4 is 21.8 Å². The summed E-state index contributed by atoms with van der Waals surface area (Å²) in [6, 6.07) is 4.72. The van der Waals surface area contributed by atoms with Crippen molar-refractivity contribution in [3.05, 3.63) is 28.5 Å². The third-order valence-electron chi connectivity index (χ3n) is 3.71. The van der Waals surface area contributed by atoms with E-state index in [1.165, 1.54) is 18.6 Å². The fourth-order valence-corrected chi connectivity index (χ4v) is 2.85. The van der Waals surface area contributed by atoms with Gasteiger partial charge in [0.25, 0.3) is 5.91 Å². The zero-order valence-corrected chi connectivity index (χ0v) is 13.1. The van der Waals surface area contributed by atoms with E-state index in [1.54, 1.807) is 6.07 Å². The highest BCUT2D eigenvalue weighted by Crippen LogP contribution is 2.24. The van der Waals surface area contributed by atoms with Crippen LogP contribution in [0.25, 0.3) is 0 Å². The van der Waals surface area contributed by atoms with E-state index in [0.717, 1.165) is 19.3 Å². The van der Waals surface area contributed by atoms with Crippen LogP contribution in [-0.2, 0) is 4.79 Å². The molecule has 1 aromatic rings. The van der Waals surface area contributed by atoms with Gasteiger partial charge in [0, 0.05) is 10.5 Å². The number of rotatable bonds is 4. The van der Waals surface area contributed by atoms with Gasteiger partial charge in [0.1, 0.15) is 0 Å². The van der Waals surface area contributed by atoms with E-state index < -0.39 is 5.82 Å². The number of carbonyl (C=O) groups excluding carboxylic acids is 1. The van der Waals surface area contributed by atoms with Gasteiger partial charge in [-0.25, -0.2) is 4.39 Å². The van der Waals surface area contributed by atoms with Crippen molar-refractivity contribution in [3.63, 3.8) is 0 Å². The predicted octanol–water partition coefficient (Wildman–Crippen LogP) is 3.66. The van der Waals surface area contributed by atoms with Crippen LogP contribution in [0.4, 0.5) is 4.39 Å². The molecule has 0 spiro atoms. The number of hydrogen-bond acceptors (Lipinski definition) is 2. The molecule has 1 fully saturated rings. The number of carbonyl (C=O) groups is 1. The van der Waals surface area contributed by atoms with Crippen molar-refractivity contribution in [1.82, 2.24) is 5.32 Å². The first-order valence-corrected chi connectivity index (χ1v) is 7.73. The molecule has 0 aliphatic heterocycles. The Bertz CT molecular complexity index is 481. The molecule has 1 aliphatic carbocycles. The smallest absolute Gasteiger partial charge is 0.258 e. The van der Waals surface area contributed by atoms with Crippen LogP contribution in [0.3, 0.4) is 0 Å². The largest absolute Gasteiger partial charge is 0.481 e. The first kappa shape index (κ1) is 15.3. The van der Waals surface area contributed by atoms with Crippen molar-refractivity contribution in [3.8, 4) is 5.75 Å². The number of hydrogen-bond donors (Lipinski definition) is 1. The summed E-state index contributed by atoms with van der Waals surface area (Å²) >= 11 is 3.17. The van der Waals surface area contributed by atoms with Crippen LogP contribution in [0, 0.1) is 11.7 Å². The Balaban J connectivity index is 1.82. The molecule has 0 radical (unpaired) electrons. The molecule has 110 valence electrons. The van der Waals surface area contributed by atoms with E-state index in [1.807, 2.05) is 0 Å². The summed E-state index contributed by atoms with van der Waals surface area (Å²) in [7, 11) is 0. The van der Waals surface area contributed by atoms with Gasteiger partial charge < -0.3 is 10.1 Å². The van der Waals surface area contributed by atoms with Gasteiger partial charge in [-0.2, -0.15) is 0 Å². The number of amides is 1. The van der Waals surface area contributed by atoms with Crippen LogP contribution >= 0.6 is 15.9 Å². The fraction of sp³-hybridized carbons (Fsp3) is 0.533. The molecule has 3 nitrogen and oxygen atoms in total. The SMILES string of the molecule is C[C@H]1CCCC[C@@H]1NC(=O)COc1ccc(Br)cc1F. The van der Waals surface area contributed by atoms with Crippen molar-refractivity contribution < 1.29 is 13.9 Å². The van der Waals surface area contributed by atoms with Gasteiger partial charge in [0.2, 0.25) is 0 Å². The Labute approximate surface area is 127 Å². The third-order valence-corrected chi connectivity index (χ3v) is 4.20. The van der Waals surface area contributed by atoms with Gasteiger partial charge >= 0.3 is 0 Å². The topological polar surface area (TPSA) is 38.3 Å². The number of nitrogens with one attached hydrogen (secondary N) is 1. The molecule has 2 rings (SSSR count). The van der Waals surface area contributed by atoms with Crippen LogP contribution in [0.15, 0.2) is 22.7 Å². The van der Waals surface area contributed by atoms with E-state index in [2.05, 4.69) is 28.2 Å². The predicted molar refractivity (Wildman–Crippen MR) is 79.2 cm³/mol. The maximum atomic E-state index is 13.5. The molecule has 1 aliphatic rings. The number of benzene rings is 1. The van der Waals surface area contributed by atoms with Gasteiger partial charge in [0.15, 0.2) is 18.2 Å². The van der Waals surface area contributed by atoms with Crippen LogP contribution in [-0.4, -0.2) is 18.6 Å². The lowest BCUT2D eigenvalue weighted by atomic mass is 9.86. The second kappa shape index (κ2) is 7.07. The molecule has 5 heteroatoms. The third kappa shape index (κ3) is 4.20. The van der Waals surface area contributed by atoms with Gasteiger partial charge in [-0.15, -0.1) is 0 Å². The summed E-state index contributed by atoms with van der Waals surface area (Å²) < 4.78 is 19.4. The molecule has 1 amide bonds. The molecule has 20 heavy (non-hydrogen) atoms. The van der Waals surface area contributed by atoms with E-state index in [-0.39, 0.29) is 24.3 Å². The first-order valence-electron chi connectivity index (χ1n) is 6.93. The maximum Gasteiger partial charge on any atom is 0.258 e. The van der Waals surface area contributed by atoms with Gasteiger partial charge in [-0.05, 0) is 37.0 Å². The number of halogens is 2. The lowest BCUT2D eigenvalue weighted by Gasteiger charge is -2.29. The molecule has 1 aromatic carbocycles. The Hall–Kier alpha value is -1.10. The molecule has 0 heterocycles. The summed E-state index contributed by atoms with van der Waals surface area (Å²) in [6.07, 6.45) is 4.54. The summed E-state index contributed by atoms with van der Waals surface area (Å²) in [4.78, 5) is 11.8. The van der Waals surface area contributed by atoms with E-state index >= 15 is 0 Å². The quantitative estimate of drug-likeness (QED) is 0.905. The molecule has 0 unspecified atom stereocenters. The Morgan fingerprint density at radius 1 is 1.45 bits per heavy atom. The average Bonchev–Trinajstić information content (AvgIpc) is 2.40. The standard InChI is InChI=1S/C15H19BrFNO2/c1-10-4-2-3-5-13(10)18-15(19)9-20-14-7-6-11(16)8-12(14)17/h6-8,10,13H,2-5,9H2,1H3,(H,18,19)/t10-,13-/m0/s1. The van der Waals surface area contributed by atoms with Crippen LogP contribution in [0.5, 0.6) is 5.75 Å². The molecule has 1 saturated carbocycles. The summed E-state index contributed by atoms with van der Waals surface area (Å²) in [5, 5.41) is 2.97. The fourth-order valence-electron chi connectivity index (χ4n) is 2.51. The number of ether oxygens (including phenoxy) is 1. The Kier molecular flexibility index (Phi) is 5.40. The van der Waals surface area contributed by atoms with E-state index in [9.17, 15) is 9.18 Å². The second-order valence-electron chi connectivity index (χ2n) is 5.30. The highest BCUT2D eigenvalue weighted by Gasteiger charge is 2.22. The van der Waals surface area contributed by atoms with Gasteiger partial charge in [0.05, 0.1) is 0 Å². The zero-order valence-electron chi connectivity index (χ0n) is 11.5. The van der Waals surface area contributed by atoms with Crippen molar-refractivity contribution in [2.24, 2.45) is 5.92 Å².